The van der Waals surface area contributed by atoms with E-state index in [0.29, 0.717) is 6.04 Å². The summed E-state index contributed by atoms with van der Waals surface area (Å²) in [4.78, 5) is 2.63. The average molecular weight is 290 g/mol. The summed E-state index contributed by atoms with van der Waals surface area (Å²) < 4.78 is 5.59. The molecule has 3 nitrogen and oxygen atoms in total. The largest absolute Gasteiger partial charge is 0.496 e. The van der Waals surface area contributed by atoms with Crippen LogP contribution in [0.5, 0.6) is 5.75 Å². The normalized spacial score (nSPS) is 23.3. The van der Waals surface area contributed by atoms with Gasteiger partial charge in [0.2, 0.25) is 0 Å². The molecule has 3 atom stereocenters. The maximum atomic E-state index is 6.39. The van der Waals surface area contributed by atoms with Gasteiger partial charge in [0, 0.05) is 17.6 Å². The standard InChI is InChI=1S/C18H30N2O/c1-4-15-10-6-5-9-13-20(15)18(14(2)19)16-11-7-8-12-17(16)21-3/h7-8,11-12,14-15,18H,4-6,9-10,13,19H2,1-3H3. The number of nitrogens with two attached hydrogens (primary N) is 1. The molecule has 0 radical (unpaired) electrons. The summed E-state index contributed by atoms with van der Waals surface area (Å²) in [6.45, 7) is 5.56. The topological polar surface area (TPSA) is 38.5 Å². The van der Waals surface area contributed by atoms with Crippen molar-refractivity contribution < 1.29 is 4.74 Å². The van der Waals surface area contributed by atoms with E-state index >= 15 is 0 Å². The van der Waals surface area contributed by atoms with Crippen molar-refractivity contribution in [3.63, 3.8) is 0 Å². The van der Waals surface area contributed by atoms with Crippen LogP contribution in [0, 0.1) is 0 Å². The minimum Gasteiger partial charge on any atom is -0.496 e. The van der Waals surface area contributed by atoms with Crippen LogP contribution in [-0.4, -0.2) is 30.6 Å². The predicted molar refractivity (Wildman–Crippen MR) is 88.6 cm³/mol. The van der Waals surface area contributed by atoms with Crippen molar-refractivity contribution >= 4 is 0 Å². The van der Waals surface area contributed by atoms with E-state index in [4.69, 9.17) is 10.5 Å². The number of methoxy groups -OCH3 is 1. The molecule has 1 aromatic rings. The smallest absolute Gasteiger partial charge is 0.123 e. The number of para-hydroxylation sites is 1. The molecular weight excluding hydrogens is 260 g/mol. The first-order chi connectivity index (χ1) is 10.2. The van der Waals surface area contributed by atoms with Crippen LogP contribution in [0.1, 0.15) is 57.6 Å². The molecular formula is C18H30N2O. The third-order valence-electron chi connectivity index (χ3n) is 4.71. The summed E-state index contributed by atoms with van der Waals surface area (Å²) in [7, 11) is 1.75. The van der Waals surface area contributed by atoms with Crippen LogP contribution >= 0.6 is 0 Å². The number of benzene rings is 1. The van der Waals surface area contributed by atoms with E-state index in [-0.39, 0.29) is 12.1 Å². The lowest BCUT2D eigenvalue weighted by molar-refractivity contribution is 0.115. The highest BCUT2D eigenvalue weighted by atomic mass is 16.5. The third kappa shape index (κ3) is 3.78. The van der Waals surface area contributed by atoms with E-state index in [9.17, 15) is 0 Å². The zero-order chi connectivity index (χ0) is 15.2. The van der Waals surface area contributed by atoms with Gasteiger partial charge in [-0.2, -0.15) is 0 Å². The van der Waals surface area contributed by atoms with Gasteiger partial charge in [0.25, 0.3) is 0 Å². The maximum Gasteiger partial charge on any atom is 0.123 e. The number of hydrogen-bond acceptors (Lipinski definition) is 3. The van der Waals surface area contributed by atoms with Crippen LogP contribution in [0.25, 0.3) is 0 Å². The van der Waals surface area contributed by atoms with E-state index in [1.165, 1.54) is 37.7 Å². The van der Waals surface area contributed by atoms with E-state index < -0.39 is 0 Å². The fourth-order valence-corrected chi connectivity index (χ4v) is 3.68. The minimum absolute atomic E-state index is 0.0912. The highest BCUT2D eigenvalue weighted by Crippen LogP contribution is 2.35. The molecule has 0 aromatic heterocycles. The highest BCUT2D eigenvalue weighted by molar-refractivity contribution is 5.37. The third-order valence-corrected chi connectivity index (χ3v) is 4.71. The van der Waals surface area contributed by atoms with E-state index in [2.05, 4.69) is 30.9 Å². The van der Waals surface area contributed by atoms with E-state index in [0.717, 1.165) is 12.3 Å². The Balaban J connectivity index is 2.36. The van der Waals surface area contributed by atoms with Crippen molar-refractivity contribution in [1.29, 1.82) is 0 Å². The lowest BCUT2D eigenvalue weighted by Gasteiger charge is -2.39. The van der Waals surface area contributed by atoms with Gasteiger partial charge in [-0.15, -0.1) is 0 Å². The molecule has 0 saturated carbocycles. The second kappa shape index (κ2) is 7.81. The average Bonchev–Trinajstić information content (AvgIpc) is 2.73. The SMILES string of the molecule is CCC1CCCCCN1C(c1ccccc1OC)C(C)N. The molecule has 0 aliphatic carbocycles. The molecule has 1 heterocycles. The van der Waals surface area contributed by atoms with Crippen molar-refractivity contribution in [2.24, 2.45) is 5.73 Å². The van der Waals surface area contributed by atoms with Gasteiger partial charge < -0.3 is 10.5 Å². The molecule has 21 heavy (non-hydrogen) atoms. The summed E-state index contributed by atoms with van der Waals surface area (Å²) >= 11 is 0. The Morgan fingerprint density at radius 1 is 1.29 bits per heavy atom. The van der Waals surface area contributed by atoms with Gasteiger partial charge in [-0.3, -0.25) is 4.90 Å². The number of rotatable bonds is 5. The fraction of sp³-hybridized carbons (Fsp3) is 0.667. The molecule has 0 amide bonds. The molecule has 3 heteroatoms. The zero-order valence-corrected chi connectivity index (χ0v) is 13.7. The van der Waals surface area contributed by atoms with Gasteiger partial charge in [0.05, 0.1) is 13.2 Å². The molecule has 2 rings (SSSR count). The van der Waals surface area contributed by atoms with Crippen molar-refractivity contribution in [3.8, 4) is 5.75 Å². The molecule has 1 aromatic carbocycles. The minimum atomic E-state index is 0.0912. The number of hydrogen-bond donors (Lipinski definition) is 1. The first-order valence-corrected chi connectivity index (χ1v) is 8.33. The Bertz CT molecular complexity index is 433. The van der Waals surface area contributed by atoms with Crippen LogP contribution in [0.4, 0.5) is 0 Å². The van der Waals surface area contributed by atoms with Gasteiger partial charge in [0.1, 0.15) is 5.75 Å². The van der Waals surface area contributed by atoms with Crippen LogP contribution < -0.4 is 10.5 Å². The first kappa shape index (κ1) is 16.3. The second-order valence-corrected chi connectivity index (χ2v) is 6.20. The highest BCUT2D eigenvalue weighted by Gasteiger charge is 2.31. The van der Waals surface area contributed by atoms with Gasteiger partial charge in [-0.25, -0.2) is 0 Å². The van der Waals surface area contributed by atoms with Gasteiger partial charge in [0.15, 0.2) is 0 Å². The molecule has 3 unspecified atom stereocenters. The maximum absolute atomic E-state index is 6.39. The Hall–Kier alpha value is -1.06. The predicted octanol–water partition coefficient (Wildman–Crippen LogP) is 3.74. The Morgan fingerprint density at radius 3 is 2.71 bits per heavy atom. The molecule has 1 fully saturated rings. The summed E-state index contributed by atoms with van der Waals surface area (Å²) in [5.41, 5.74) is 7.63. The lowest BCUT2D eigenvalue weighted by Crippen LogP contribution is -2.45. The van der Waals surface area contributed by atoms with Crippen molar-refractivity contribution in [3.05, 3.63) is 29.8 Å². The Labute approximate surface area is 129 Å². The number of likely N-dealkylation sites (tertiary alicyclic amines) is 1. The number of nitrogens with zero attached hydrogens (tertiary/aromatic N) is 1. The Kier molecular flexibility index (Phi) is 6.07. The molecule has 118 valence electrons. The van der Waals surface area contributed by atoms with Crippen molar-refractivity contribution in [1.82, 2.24) is 4.90 Å². The van der Waals surface area contributed by atoms with Gasteiger partial charge in [-0.05, 0) is 38.8 Å². The summed E-state index contributed by atoms with van der Waals surface area (Å²) in [6, 6.07) is 9.30. The van der Waals surface area contributed by atoms with Crippen LogP contribution in [0.3, 0.4) is 0 Å². The van der Waals surface area contributed by atoms with Crippen LogP contribution in [-0.2, 0) is 0 Å². The molecule has 0 bridgehead atoms. The molecule has 1 saturated heterocycles. The first-order valence-electron chi connectivity index (χ1n) is 8.33. The summed E-state index contributed by atoms with van der Waals surface area (Å²) in [5.74, 6) is 0.957. The number of ether oxygens (including phenoxy) is 1. The van der Waals surface area contributed by atoms with Gasteiger partial charge in [-0.1, -0.05) is 38.0 Å². The monoisotopic (exact) mass is 290 g/mol. The molecule has 2 N–H and O–H groups in total. The lowest BCUT2D eigenvalue weighted by atomic mass is 9.95. The van der Waals surface area contributed by atoms with E-state index in [1.807, 2.05) is 12.1 Å². The van der Waals surface area contributed by atoms with Gasteiger partial charge >= 0.3 is 0 Å². The van der Waals surface area contributed by atoms with Crippen molar-refractivity contribution in [2.45, 2.75) is 64.1 Å². The Morgan fingerprint density at radius 2 is 2.05 bits per heavy atom. The quantitative estimate of drug-likeness (QED) is 0.898. The summed E-state index contributed by atoms with van der Waals surface area (Å²) in [6.07, 6.45) is 6.43. The fourth-order valence-electron chi connectivity index (χ4n) is 3.68. The van der Waals surface area contributed by atoms with Crippen LogP contribution in [0.2, 0.25) is 0 Å². The van der Waals surface area contributed by atoms with E-state index in [1.54, 1.807) is 7.11 Å². The molecule has 1 aliphatic rings. The zero-order valence-electron chi connectivity index (χ0n) is 13.7. The second-order valence-electron chi connectivity index (χ2n) is 6.20. The molecule has 0 spiro atoms. The van der Waals surface area contributed by atoms with Crippen LogP contribution in [0.15, 0.2) is 24.3 Å². The van der Waals surface area contributed by atoms with Crippen molar-refractivity contribution in [2.75, 3.05) is 13.7 Å². The molecule has 1 aliphatic heterocycles. The summed E-state index contributed by atoms with van der Waals surface area (Å²) in [5, 5.41) is 0.